The van der Waals surface area contributed by atoms with Crippen molar-refractivity contribution in [2.24, 2.45) is 11.7 Å². The van der Waals surface area contributed by atoms with Crippen LogP contribution in [0.1, 0.15) is 19.8 Å². The Kier molecular flexibility index (Phi) is 3.12. The van der Waals surface area contributed by atoms with Gasteiger partial charge >= 0.3 is 0 Å². The Bertz CT molecular complexity index is 226. The van der Waals surface area contributed by atoms with Crippen LogP contribution in [0.5, 0.6) is 0 Å². The van der Waals surface area contributed by atoms with E-state index in [4.69, 9.17) is 5.73 Å². The Morgan fingerprint density at radius 3 is 3.00 bits per heavy atom. The van der Waals surface area contributed by atoms with Crippen molar-refractivity contribution in [2.75, 3.05) is 6.54 Å². The number of rotatable bonds is 1. The van der Waals surface area contributed by atoms with Crippen LogP contribution in [-0.2, 0) is 4.79 Å². The highest BCUT2D eigenvalue weighted by Crippen LogP contribution is 2.14. The van der Waals surface area contributed by atoms with Crippen molar-refractivity contribution in [3.63, 3.8) is 0 Å². The minimum Gasteiger partial charge on any atom is -0.369 e. The lowest BCUT2D eigenvalue weighted by Crippen LogP contribution is -2.41. The second-order valence-electron chi connectivity index (χ2n) is 3.02. The molecule has 1 rings (SSSR count). The van der Waals surface area contributed by atoms with E-state index in [-0.39, 0.29) is 17.9 Å². The molecule has 0 spiro atoms. The molecule has 1 fully saturated rings. The van der Waals surface area contributed by atoms with Gasteiger partial charge in [-0.15, -0.1) is 5.92 Å². The normalized spacial score (nSPS) is 28.8. The average Bonchev–Trinajstić information content (AvgIpc) is 2.05. The van der Waals surface area contributed by atoms with E-state index in [1.54, 1.807) is 6.92 Å². The molecule has 2 atom stereocenters. The molecule has 3 heteroatoms. The Morgan fingerprint density at radius 1 is 1.67 bits per heavy atom. The number of primary amides is 1. The number of nitrogens with one attached hydrogen (secondary N) is 1. The van der Waals surface area contributed by atoms with E-state index in [9.17, 15) is 4.79 Å². The summed E-state index contributed by atoms with van der Waals surface area (Å²) < 4.78 is 0. The van der Waals surface area contributed by atoms with Gasteiger partial charge in [0.05, 0.1) is 6.04 Å². The van der Waals surface area contributed by atoms with Gasteiger partial charge in [-0.05, 0) is 26.3 Å². The zero-order chi connectivity index (χ0) is 8.97. The summed E-state index contributed by atoms with van der Waals surface area (Å²) in [6, 6.07) is 0.154. The first-order valence-corrected chi connectivity index (χ1v) is 4.19. The van der Waals surface area contributed by atoms with Gasteiger partial charge in [-0.2, -0.15) is 0 Å². The molecule has 0 aromatic carbocycles. The number of carbonyl (C=O) groups excluding carboxylic acids is 1. The van der Waals surface area contributed by atoms with Crippen LogP contribution in [0.25, 0.3) is 0 Å². The summed E-state index contributed by atoms with van der Waals surface area (Å²) >= 11 is 0. The van der Waals surface area contributed by atoms with Gasteiger partial charge in [-0.3, -0.25) is 4.79 Å². The summed E-state index contributed by atoms with van der Waals surface area (Å²) in [5.74, 6) is 5.65. The summed E-state index contributed by atoms with van der Waals surface area (Å²) in [4.78, 5) is 10.9. The molecule has 3 nitrogen and oxygen atoms in total. The fourth-order valence-electron chi connectivity index (χ4n) is 1.46. The van der Waals surface area contributed by atoms with Crippen LogP contribution in [0.2, 0.25) is 0 Å². The molecule has 66 valence electrons. The zero-order valence-corrected chi connectivity index (χ0v) is 7.26. The van der Waals surface area contributed by atoms with E-state index in [2.05, 4.69) is 17.2 Å². The van der Waals surface area contributed by atoms with E-state index in [1.165, 1.54) is 0 Å². The Balaban J connectivity index is 2.49. The third-order valence-corrected chi connectivity index (χ3v) is 2.12. The van der Waals surface area contributed by atoms with E-state index in [1.807, 2.05) is 0 Å². The van der Waals surface area contributed by atoms with E-state index < -0.39 is 0 Å². The van der Waals surface area contributed by atoms with Crippen LogP contribution in [0.15, 0.2) is 0 Å². The lowest BCUT2D eigenvalue weighted by Gasteiger charge is -2.24. The van der Waals surface area contributed by atoms with Crippen LogP contribution < -0.4 is 11.1 Å². The quantitative estimate of drug-likeness (QED) is 0.533. The molecule has 1 saturated heterocycles. The number of nitrogens with two attached hydrogens (primary N) is 1. The molecule has 0 bridgehead atoms. The first-order valence-electron chi connectivity index (χ1n) is 4.19. The van der Waals surface area contributed by atoms with Crippen LogP contribution in [0.4, 0.5) is 0 Å². The molecule has 0 aliphatic carbocycles. The first-order chi connectivity index (χ1) is 5.74. The molecule has 1 aliphatic heterocycles. The highest BCUT2D eigenvalue weighted by molar-refractivity contribution is 5.76. The minimum atomic E-state index is -0.195. The summed E-state index contributed by atoms with van der Waals surface area (Å²) in [5, 5.41) is 3.22. The summed E-state index contributed by atoms with van der Waals surface area (Å²) in [6.07, 6.45) is 1.60. The number of amides is 1. The van der Waals surface area contributed by atoms with Crippen LogP contribution >= 0.6 is 0 Å². The number of carbonyl (C=O) groups is 1. The Hall–Kier alpha value is -1.01. The maximum absolute atomic E-state index is 10.9. The molecule has 12 heavy (non-hydrogen) atoms. The predicted molar refractivity (Wildman–Crippen MR) is 47.2 cm³/mol. The highest BCUT2D eigenvalue weighted by atomic mass is 16.1. The van der Waals surface area contributed by atoms with Crippen molar-refractivity contribution in [1.82, 2.24) is 5.32 Å². The van der Waals surface area contributed by atoms with Crippen molar-refractivity contribution in [3.8, 4) is 11.8 Å². The third kappa shape index (κ3) is 2.24. The molecule has 3 N–H and O–H groups in total. The van der Waals surface area contributed by atoms with Crippen molar-refractivity contribution >= 4 is 5.91 Å². The van der Waals surface area contributed by atoms with Gasteiger partial charge in [0.1, 0.15) is 0 Å². The molecular formula is C9H14N2O. The standard InChI is InChI=1S/C9H14N2O/c1-2-3-8-6-7(9(10)12)4-5-11-8/h7-8,11H,4-6H2,1H3,(H2,10,12). The summed E-state index contributed by atoms with van der Waals surface area (Å²) in [5.41, 5.74) is 5.21. The summed E-state index contributed by atoms with van der Waals surface area (Å²) in [7, 11) is 0. The molecule has 0 saturated carbocycles. The van der Waals surface area contributed by atoms with Crippen molar-refractivity contribution in [3.05, 3.63) is 0 Å². The molecule has 1 heterocycles. The van der Waals surface area contributed by atoms with Gasteiger partial charge in [0.25, 0.3) is 0 Å². The summed E-state index contributed by atoms with van der Waals surface area (Å²) in [6.45, 7) is 2.64. The average molecular weight is 166 g/mol. The number of hydrogen-bond acceptors (Lipinski definition) is 2. The monoisotopic (exact) mass is 166 g/mol. The van der Waals surface area contributed by atoms with Crippen molar-refractivity contribution in [2.45, 2.75) is 25.8 Å². The fraction of sp³-hybridized carbons (Fsp3) is 0.667. The van der Waals surface area contributed by atoms with Gasteiger partial charge in [0.15, 0.2) is 0 Å². The molecule has 0 aromatic rings. The predicted octanol–water partition coefficient (Wildman–Crippen LogP) is -0.137. The minimum absolute atomic E-state index is 0.0112. The Labute approximate surface area is 72.7 Å². The van der Waals surface area contributed by atoms with Gasteiger partial charge in [0, 0.05) is 5.92 Å². The lowest BCUT2D eigenvalue weighted by molar-refractivity contribution is -0.122. The fourth-order valence-corrected chi connectivity index (χ4v) is 1.46. The van der Waals surface area contributed by atoms with Crippen LogP contribution in [0, 0.1) is 17.8 Å². The second-order valence-corrected chi connectivity index (χ2v) is 3.02. The van der Waals surface area contributed by atoms with Gasteiger partial charge in [0.2, 0.25) is 5.91 Å². The molecule has 2 unspecified atom stereocenters. The lowest BCUT2D eigenvalue weighted by atomic mass is 9.92. The third-order valence-electron chi connectivity index (χ3n) is 2.12. The number of piperidine rings is 1. The second kappa shape index (κ2) is 4.13. The van der Waals surface area contributed by atoms with E-state index in [0.717, 1.165) is 19.4 Å². The van der Waals surface area contributed by atoms with Crippen molar-refractivity contribution in [1.29, 1.82) is 0 Å². The highest BCUT2D eigenvalue weighted by Gasteiger charge is 2.23. The number of hydrogen-bond donors (Lipinski definition) is 2. The maximum Gasteiger partial charge on any atom is 0.220 e. The molecular weight excluding hydrogens is 152 g/mol. The van der Waals surface area contributed by atoms with Gasteiger partial charge in [-0.1, -0.05) is 5.92 Å². The van der Waals surface area contributed by atoms with E-state index in [0.29, 0.717) is 0 Å². The van der Waals surface area contributed by atoms with Gasteiger partial charge < -0.3 is 11.1 Å². The smallest absolute Gasteiger partial charge is 0.220 e. The van der Waals surface area contributed by atoms with Crippen molar-refractivity contribution < 1.29 is 4.79 Å². The molecule has 0 aromatic heterocycles. The molecule has 1 aliphatic rings. The first kappa shape index (κ1) is 9.08. The topological polar surface area (TPSA) is 55.1 Å². The largest absolute Gasteiger partial charge is 0.369 e. The maximum atomic E-state index is 10.9. The Morgan fingerprint density at radius 2 is 2.42 bits per heavy atom. The molecule has 0 radical (unpaired) electrons. The van der Waals surface area contributed by atoms with Gasteiger partial charge in [-0.25, -0.2) is 0 Å². The zero-order valence-electron chi connectivity index (χ0n) is 7.26. The SMILES string of the molecule is CC#CC1CC(C(N)=O)CCN1. The van der Waals surface area contributed by atoms with E-state index >= 15 is 0 Å². The van der Waals surface area contributed by atoms with Crippen LogP contribution in [-0.4, -0.2) is 18.5 Å². The molecule has 1 amide bonds. The van der Waals surface area contributed by atoms with Crippen LogP contribution in [0.3, 0.4) is 0 Å².